The summed E-state index contributed by atoms with van der Waals surface area (Å²) in [6, 6.07) is 17.7. The number of likely N-dealkylation sites (tertiary alicyclic amines) is 1. The van der Waals surface area contributed by atoms with Crippen LogP contribution in [0.1, 0.15) is 36.4 Å². The van der Waals surface area contributed by atoms with Gasteiger partial charge in [0.05, 0.1) is 19.1 Å². The van der Waals surface area contributed by atoms with E-state index in [0.29, 0.717) is 19.0 Å². The van der Waals surface area contributed by atoms with Crippen LogP contribution >= 0.6 is 0 Å². The molecule has 1 aliphatic carbocycles. The maximum Gasteiger partial charge on any atom is 0.226 e. The summed E-state index contributed by atoms with van der Waals surface area (Å²) in [6.45, 7) is 0.541. The molecule has 0 spiro atoms. The topological polar surface area (TPSA) is 58.6 Å². The van der Waals surface area contributed by atoms with Crippen molar-refractivity contribution in [3.8, 4) is 5.75 Å². The van der Waals surface area contributed by atoms with Crippen molar-refractivity contribution in [2.45, 2.75) is 31.3 Å². The lowest BCUT2D eigenvalue weighted by Gasteiger charge is -2.22. The van der Waals surface area contributed by atoms with Gasteiger partial charge in [-0.15, -0.1) is 0 Å². The van der Waals surface area contributed by atoms with Crippen LogP contribution in [0.4, 0.5) is 0 Å². The van der Waals surface area contributed by atoms with Gasteiger partial charge in [-0.3, -0.25) is 9.59 Å². The van der Waals surface area contributed by atoms with Gasteiger partial charge in [-0.25, -0.2) is 0 Å². The summed E-state index contributed by atoms with van der Waals surface area (Å²) < 4.78 is 5.24. The van der Waals surface area contributed by atoms with Crippen LogP contribution < -0.4 is 10.1 Å². The third kappa shape index (κ3) is 3.82. The Morgan fingerprint density at radius 3 is 2.37 bits per heavy atom. The number of carbonyl (C=O) groups excluding carboxylic acids is 2. The molecule has 0 aromatic heterocycles. The molecule has 0 bridgehead atoms. The monoisotopic (exact) mass is 364 g/mol. The Morgan fingerprint density at radius 1 is 1.07 bits per heavy atom. The highest BCUT2D eigenvalue weighted by molar-refractivity contribution is 5.90. The molecule has 140 valence electrons. The van der Waals surface area contributed by atoms with Crippen LogP contribution in [0, 0.1) is 5.92 Å². The van der Waals surface area contributed by atoms with Gasteiger partial charge in [-0.05, 0) is 36.1 Å². The highest BCUT2D eigenvalue weighted by atomic mass is 16.5. The first kappa shape index (κ1) is 17.6. The lowest BCUT2D eigenvalue weighted by Crippen LogP contribution is -2.36. The van der Waals surface area contributed by atoms with Crippen molar-refractivity contribution >= 4 is 11.8 Å². The summed E-state index contributed by atoms with van der Waals surface area (Å²) in [5.74, 6) is 0.551. The van der Waals surface area contributed by atoms with Crippen molar-refractivity contribution in [2.75, 3.05) is 13.7 Å². The van der Waals surface area contributed by atoms with E-state index >= 15 is 0 Å². The Morgan fingerprint density at radius 2 is 1.74 bits per heavy atom. The molecule has 1 saturated heterocycles. The van der Waals surface area contributed by atoms with E-state index in [2.05, 4.69) is 5.32 Å². The van der Waals surface area contributed by atoms with Crippen molar-refractivity contribution in [1.29, 1.82) is 0 Å². The van der Waals surface area contributed by atoms with E-state index < -0.39 is 0 Å². The molecule has 0 unspecified atom stereocenters. The Labute approximate surface area is 159 Å². The molecular formula is C22H24N2O3. The highest BCUT2D eigenvalue weighted by Crippen LogP contribution is 2.33. The molecule has 1 heterocycles. The Kier molecular flexibility index (Phi) is 4.84. The van der Waals surface area contributed by atoms with Crippen LogP contribution in [0.25, 0.3) is 0 Å². The number of hydrogen-bond donors (Lipinski definition) is 1. The van der Waals surface area contributed by atoms with Crippen LogP contribution in [0.2, 0.25) is 0 Å². The molecule has 5 heteroatoms. The maximum absolute atomic E-state index is 12.9. The predicted octanol–water partition coefficient (Wildman–Crippen LogP) is 2.91. The molecule has 2 amide bonds. The maximum atomic E-state index is 12.9. The molecule has 5 nitrogen and oxygen atoms in total. The number of rotatable bonds is 6. The molecule has 1 N–H and O–H groups in total. The lowest BCUT2D eigenvalue weighted by atomic mass is 9.97. The smallest absolute Gasteiger partial charge is 0.226 e. The number of amides is 2. The average Bonchev–Trinajstić information content (AvgIpc) is 3.48. The molecule has 27 heavy (non-hydrogen) atoms. The Bertz CT molecular complexity index is 815. The average molecular weight is 364 g/mol. The van der Waals surface area contributed by atoms with Gasteiger partial charge in [0.25, 0.3) is 0 Å². The first-order chi connectivity index (χ1) is 13.2. The molecule has 1 saturated carbocycles. The summed E-state index contributed by atoms with van der Waals surface area (Å²) in [7, 11) is 1.63. The highest BCUT2D eigenvalue weighted by Gasteiger charge is 2.42. The third-order valence-corrected chi connectivity index (χ3v) is 5.39. The number of methoxy groups -OCH3 is 1. The normalized spacial score (nSPS) is 20.4. The number of carbonyl (C=O) groups is 2. The summed E-state index contributed by atoms with van der Waals surface area (Å²) in [5, 5.41) is 3.17. The van der Waals surface area contributed by atoms with Gasteiger partial charge in [0, 0.05) is 19.0 Å². The van der Waals surface area contributed by atoms with E-state index in [1.165, 1.54) is 0 Å². The minimum atomic E-state index is -0.275. The van der Waals surface area contributed by atoms with Crippen molar-refractivity contribution in [1.82, 2.24) is 10.2 Å². The Hall–Kier alpha value is -2.82. The van der Waals surface area contributed by atoms with E-state index in [0.717, 1.165) is 29.7 Å². The number of nitrogens with one attached hydrogen (secondary N) is 1. The fourth-order valence-electron chi connectivity index (χ4n) is 3.71. The third-order valence-electron chi connectivity index (χ3n) is 5.39. The molecule has 2 aromatic carbocycles. The van der Waals surface area contributed by atoms with Crippen molar-refractivity contribution < 1.29 is 14.3 Å². The number of nitrogens with zero attached hydrogens (tertiary/aromatic N) is 1. The SMILES string of the molecule is COc1ccc([C@H](NC(=O)[C@@H]2CC(=O)N(C3CC3)C2)c2ccccc2)cc1. The van der Waals surface area contributed by atoms with E-state index in [1.807, 2.05) is 59.5 Å². The zero-order chi connectivity index (χ0) is 18.8. The second-order valence-electron chi connectivity index (χ2n) is 7.30. The van der Waals surface area contributed by atoms with Crippen LogP contribution in [0.15, 0.2) is 54.6 Å². The minimum Gasteiger partial charge on any atom is -0.497 e. The fraction of sp³-hybridized carbons (Fsp3) is 0.364. The molecule has 4 rings (SSSR count). The summed E-state index contributed by atoms with van der Waals surface area (Å²) in [5.41, 5.74) is 2.00. The quantitative estimate of drug-likeness (QED) is 0.857. The number of ether oxygens (including phenoxy) is 1. The second kappa shape index (κ2) is 7.43. The molecule has 0 radical (unpaired) electrons. The minimum absolute atomic E-state index is 0.0591. The van der Waals surface area contributed by atoms with E-state index in [1.54, 1.807) is 7.11 Å². The zero-order valence-electron chi connectivity index (χ0n) is 15.4. The van der Waals surface area contributed by atoms with Gasteiger partial charge in [-0.2, -0.15) is 0 Å². The fourth-order valence-corrected chi connectivity index (χ4v) is 3.71. The van der Waals surface area contributed by atoms with Crippen LogP contribution in [0.5, 0.6) is 5.75 Å². The summed E-state index contributed by atoms with van der Waals surface area (Å²) in [6.07, 6.45) is 2.45. The molecule has 1 aliphatic heterocycles. The van der Waals surface area contributed by atoms with E-state index in [4.69, 9.17) is 4.74 Å². The molecule has 2 fully saturated rings. The van der Waals surface area contributed by atoms with Gasteiger partial charge in [0.1, 0.15) is 5.75 Å². The molecule has 2 aliphatic rings. The lowest BCUT2D eigenvalue weighted by molar-refractivity contribution is -0.129. The van der Waals surface area contributed by atoms with Gasteiger partial charge in [0.2, 0.25) is 11.8 Å². The number of benzene rings is 2. The van der Waals surface area contributed by atoms with Gasteiger partial charge >= 0.3 is 0 Å². The molecule has 2 atom stereocenters. The summed E-state index contributed by atoms with van der Waals surface area (Å²) >= 11 is 0. The van der Waals surface area contributed by atoms with Crippen molar-refractivity contribution in [3.05, 3.63) is 65.7 Å². The van der Waals surface area contributed by atoms with Crippen LogP contribution in [-0.2, 0) is 9.59 Å². The van der Waals surface area contributed by atoms with Crippen molar-refractivity contribution in [2.24, 2.45) is 5.92 Å². The van der Waals surface area contributed by atoms with Crippen LogP contribution in [0.3, 0.4) is 0 Å². The summed E-state index contributed by atoms with van der Waals surface area (Å²) in [4.78, 5) is 27.0. The Balaban J connectivity index is 1.53. The molecule has 2 aromatic rings. The van der Waals surface area contributed by atoms with Crippen LogP contribution in [-0.4, -0.2) is 36.4 Å². The van der Waals surface area contributed by atoms with Gasteiger partial charge in [0.15, 0.2) is 0 Å². The number of hydrogen-bond acceptors (Lipinski definition) is 3. The standard InChI is InChI=1S/C22H24N2O3/c1-27-19-11-7-16(8-12-19)21(15-5-3-2-4-6-15)23-22(26)17-13-20(25)24(14-17)18-9-10-18/h2-8,11-12,17-18,21H,9-10,13-14H2,1H3,(H,23,26)/t17-,21-/m1/s1. The van der Waals surface area contributed by atoms with Crippen molar-refractivity contribution in [3.63, 3.8) is 0 Å². The zero-order valence-corrected chi connectivity index (χ0v) is 15.4. The van der Waals surface area contributed by atoms with Gasteiger partial charge in [-0.1, -0.05) is 42.5 Å². The van der Waals surface area contributed by atoms with Gasteiger partial charge < -0.3 is 15.0 Å². The van der Waals surface area contributed by atoms with E-state index in [-0.39, 0.29) is 23.8 Å². The first-order valence-electron chi connectivity index (χ1n) is 9.44. The largest absolute Gasteiger partial charge is 0.497 e. The van der Waals surface area contributed by atoms with E-state index in [9.17, 15) is 9.59 Å². The molecular weight excluding hydrogens is 340 g/mol. The predicted molar refractivity (Wildman–Crippen MR) is 102 cm³/mol. The second-order valence-corrected chi connectivity index (χ2v) is 7.30. The first-order valence-corrected chi connectivity index (χ1v) is 9.44.